The van der Waals surface area contributed by atoms with Crippen LogP contribution in [0.25, 0.3) is 0 Å². The fourth-order valence-corrected chi connectivity index (χ4v) is 6.42. The van der Waals surface area contributed by atoms with E-state index in [0.29, 0.717) is 11.6 Å². The number of Topliss-reactive ketones (excluding diaryl/α,β-unsaturated/α-hetero) is 2. The molecule has 2 N–H and O–H groups in total. The number of rotatable bonds is 12. The van der Waals surface area contributed by atoms with Gasteiger partial charge in [0.25, 0.3) is 0 Å². The van der Waals surface area contributed by atoms with E-state index in [2.05, 4.69) is 39.8 Å². The van der Waals surface area contributed by atoms with Crippen LogP contribution in [-0.2, 0) is 9.59 Å². The average molecular weight is 499 g/mol. The zero-order valence-electron chi connectivity index (χ0n) is 23.2. The summed E-state index contributed by atoms with van der Waals surface area (Å²) in [5.41, 5.74) is 2.02. The summed E-state index contributed by atoms with van der Waals surface area (Å²) in [6, 6.07) is 8.27. The molecule has 0 amide bonds. The molecule has 0 spiro atoms. The van der Waals surface area contributed by atoms with Crippen LogP contribution in [0.5, 0.6) is 0 Å². The number of carbonyl (C=O) groups is 2. The van der Waals surface area contributed by atoms with Crippen LogP contribution in [0.2, 0.25) is 0 Å². The summed E-state index contributed by atoms with van der Waals surface area (Å²) in [4.78, 5) is 27.3. The van der Waals surface area contributed by atoms with Crippen LogP contribution in [0.3, 0.4) is 0 Å². The van der Waals surface area contributed by atoms with E-state index in [9.17, 15) is 19.8 Å². The van der Waals surface area contributed by atoms with Crippen LogP contribution < -0.4 is 0 Å². The summed E-state index contributed by atoms with van der Waals surface area (Å²) in [6.07, 6.45) is 11.4. The second-order valence-corrected chi connectivity index (χ2v) is 13.2. The van der Waals surface area contributed by atoms with Crippen LogP contribution in [-0.4, -0.2) is 35.0 Å². The minimum absolute atomic E-state index is 0.0878. The van der Waals surface area contributed by atoms with E-state index in [1.165, 1.54) is 0 Å². The third-order valence-corrected chi connectivity index (χ3v) is 9.00. The predicted molar refractivity (Wildman–Crippen MR) is 146 cm³/mol. The van der Waals surface area contributed by atoms with Crippen molar-refractivity contribution in [3.8, 4) is 0 Å². The smallest absolute Gasteiger partial charge is 0.143 e. The topological polar surface area (TPSA) is 74.6 Å². The summed E-state index contributed by atoms with van der Waals surface area (Å²) < 4.78 is 0. The van der Waals surface area contributed by atoms with Crippen LogP contribution in [0.4, 0.5) is 0 Å². The van der Waals surface area contributed by atoms with Crippen molar-refractivity contribution in [2.45, 2.75) is 117 Å². The molecule has 0 saturated heterocycles. The van der Waals surface area contributed by atoms with Crippen molar-refractivity contribution in [3.63, 3.8) is 0 Å². The van der Waals surface area contributed by atoms with Gasteiger partial charge < -0.3 is 10.2 Å². The zero-order chi connectivity index (χ0) is 26.3. The number of ketones is 2. The fraction of sp³-hybridized carbons (Fsp3) is 0.750. The molecule has 36 heavy (non-hydrogen) atoms. The fourth-order valence-electron chi connectivity index (χ4n) is 6.42. The summed E-state index contributed by atoms with van der Waals surface area (Å²) >= 11 is 0. The third kappa shape index (κ3) is 7.51. The molecule has 4 heteroatoms. The molecule has 1 aromatic rings. The molecule has 0 radical (unpaired) electrons. The van der Waals surface area contributed by atoms with Gasteiger partial charge >= 0.3 is 0 Å². The second kappa shape index (κ2) is 12.8. The molecular weight excluding hydrogens is 448 g/mol. The first-order valence-corrected chi connectivity index (χ1v) is 14.5. The highest BCUT2D eigenvalue weighted by molar-refractivity contribution is 5.92. The molecule has 1 aromatic carbocycles. The highest BCUT2D eigenvalue weighted by Crippen LogP contribution is 2.43. The largest absolute Gasteiger partial charge is 0.396 e. The minimum Gasteiger partial charge on any atom is -0.396 e. The first-order valence-electron chi connectivity index (χ1n) is 14.5. The molecule has 2 fully saturated rings. The second-order valence-electron chi connectivity index (χ2n) is 13.2. The van der Waals surface area contributed by atoms with Crippen LogP contribution >= 0.6 is 0 Å². The minimum atomic E-state index is -0.0932. The SMILES string of the molecule is CC(C)(CO)CCCC1CCCC(c2ccccc2C2CCCC(CCCC(C)(C)CO)C2=O)C1=O. The third-order valence-electron chi connectivity index (χ3n) is 9.00. The summed E-state index contributed by atoms with van der Waals surface area (Å²) in [6.45, 7) is 8.68. The Bertz CT molecular complexity index is 800. The Morgan fingerprint density at radius 2 is 1.08 bits per heavy atom. The first kappa shape index (κ1) is 29.0. The highest BCUT2D eigenvalue weighted by Gasteiger charge is 2.37. The molecule has 2 aliphatic rings. The molecule has 0 heterocycles. The van der Waals surface area contributed by atoms with Gasteiger partial charge in [0, 0.05) is 36.9 Å². The van der Waals surface area contributed by atoms with Gasteiger partial charge in [0.05, 0.1) is 0 Å². The number of hydrogen-bond donors (Lipinski definition) is 2. The Kier molecular flexibility index (Phi) is 10.3. The van der Waals surface area contributed by atoms with Gasteiger partial charge in [-0.05, 0) is 73.3 Å². The number of hydrogen-bond acceptors (Lipinski definition) is 4. The number of carbonyl (C=O) groups excluding carboxylic acids is 2. The summed E-state index contributed by atoms with van der Waals surface area (Å²) in [5.74, 6) is 0.726. The molecule has 202 valence electrons. The van der Waals surface area contributed by atoms with Gasteiger partial charge in [0.15, 0.2) is 0 Å². The normalized spacial score (nSPS) is 25.8. The summed E-state index contributed by atoms with van der Waals surface area (Å²) in [7, 11) is 0. The van der Waals surface area contributed by atoms with Gasteiger partial charge in [-0.25, -0.2) is 0 Å². The zero-order valence-corrected chi connectivity index (χ0v) is 23.2. The number of benzene rings is 1. The van der Waals surface area contributed by atoms with Crippen molar-refractivity contribution < 1.29 is 19.8 Å². The Morgan fingerprint density at radius 3 is 1.44 bits per heavy atom. The van der Waals surface area contributed by atoms with E-state index in [1.54, 1.807) is 0 Å². The lowest BCUT2D eigenvalue weighted by molar-refractivity contribution is -0.128. The Balaban J connectivity index is 1.70. The van der Waals surface area contributed by atoms with E-state index in [1.807, 2.05) is 12.1 Å². The molecule has 4 nitrogen and oxygen atoms in total. The van der Waals surface area contributed by atoms with Crippen LogP contribution in [0, 0.1) is 22.7 Å². The van der Waals surface area contributed by atoms with Gasteiger partial charge in [-0.15, -0.1) is 0 Å². The average Bonchev–Trinajstić information content (AvgIpc) is 2.86. The van der Waals surface area contributed by atoms with Crippen LogP contribution in [0.1, 0.15) is 128 Å². The maximum Gasteiger partial charge on any atom is 0.143 e. The maximum absolute atomic E-state index is 13.6. The lowest BCUT2D eigenvalue weighted by Crippen LogP contribution is -2.31. The molecule has 0 aromatic heterocycles. The summed E-state index contributed by atoms with van der Waals surface area (Å²) in [5, 5.41) is 19.1. The van der Waals surface area contributed by atoms with Crippen molar-refractivity contribution in [3.05, 3.63) is 35.4 Å². The van der Waals surface area contributed by atoms with E-state index < -0.39 is 0 Å². The first-order chi connectivity index (χ1) is 17.1. The number of aliphatic hydroxyl groups excluding tert-OH is 2. The van der Waals surface area contributed by atoms with Crippen molar-refractivity contribution in [2.75, 3.05) is 13.2 Å². The molecule has 4 unspecified atom stereocenters. The van der Waals surface area contributed by atoms with Gasteiger partial charge in [-0.1, -0.05) is 77.6 Å². The standard InChI is InChI=1S/C32H50O4/c1-31(2,21-33)19-9-13-23-11-7-17-27(29(23)35)25-15-5-6-16-26(25)28-18-8-12-24(30(28)36)14-10-20-32(3,4)22-34/h5-6,15-16,23-24,27-28,33-34H,7-14,17-22H2,1-4H3. The van der Waals surface area contributed by atoms with Gasteiger partial charge in [0.1, 0.15) is 11.6 Å². The lowest BCUT2D eigenvalue weighted by Gasteiger charge is -2.34. The monoisotopic (exact) mass is 498 g/mol. The van der Waals surface area contributed by atoms with Crippen molar-refractivity contribution in [2.24, 2.45) is 22.7 Å². The number of aliphatic hydroxyl groups is 2. The molecular formula is C32H50O4. The lowest BCUT2D eigenvalue weighted by atomic mass is 9.69. The Labute approximate surface area is 219 Å². The van der Waals surface area contributed by atoms with E-state index in [-0.39, 0.29) is 47.7 Å². The van der Waals surface area contributed by atoms with Crippen molar-refractivity contribution in [1.82, 2.24) is 0 Å². The Morgan fingerprint density at radius 1 is 0.694 bits per heavy atom. The quantitative estimate of drug-likeness (QED) is 0.326. The molecule has 2 aliphatic carbocycles. The van der Waals surface area contributed by atoms with Crippen molar-refractivity contribution in [1.29, 1.82) is 0 Å². The maximum atomic E-state index is 13.6. The van der Waals surface area contributed by atoms with Gasteiger partial charge in [-0.2, -0.15) is 0 Å². The van der Waals surface area contributed by atoms with Gasteiger partial charge in [0.2, 0.25) is 0 Å². The van der Waals surface area contributed by atoms with Crippen molar-refractivity contribution >= 4 is 11.6 Å². The van der Waals surface area contributed by atoms with E-state index in [0.717, 1.165) is 88.2 Å². The molecule has 0 bridgehead atoms. The molecule has 2 saturated carbocycles. The van der Waals surface area contributed by atoms with E-state index >= 15 is 0 Å². The van der Waals surface area contributed by atoms with E-state index in [4.69, 9.17) is 0 Å². The molecule has 0 aliphatic heterocycles. The molecule has 4 atom stereocenters. The molecule has 3 rings (SSSR count). The van der Waals surface area contributed by atoms with Gasteiger partial charge in [-0.3, -0.25) is 9.59 Å². The highest BCUT2D eigenvalue weighted by atomic mass is 16.3. The van der Waals surface area contributed by atoms with Crippen LogP contribution in [0.15, 0.2) is 24.3 Å². The predicted octanol–water partition coefficient (Wildman–Crippen LogP) is 6.97. The Hall–Kier alpha value is -1.52.